The first-order valence-electron chi connectivity index (χ1n) is 11.0. The van der Waals surface area contributed by atoms with Gasteiger partial charge in [-0.15, -0.1) is 0 Å². The van der Waals surface area contributed by atoms with E-state index in [1.165, 1.54) is 38.4 Å². The highest BCUT2D eigenvalue weighted by atomic mass is 32.2. The molecule has 0 saturated carbocycles. The lowest BCUT2D eigenvalue weighted by molar-refractivity contribution is -0.116. The summed E-state index contributed by atoms with van der Waals surface area (Å²) in [5.74, 6) is -0.0602. The fourth-order valence-electron chi connectivity index (χ4n) is 3.54. The molecule has 9 nitrogen and oxygen atoms in total. The van der Waals surface area contributed by atoms with Gasteiger partial charge >= 0.3 is 0 Å². The first-order chi connectivity index (χ1) is 17.0. The van der Waals surface area contributed by atoms with Crippen LogP contribution in [0.3, 0.4) is 0 Å². The molecule has 1 amide bonds. The number of methoxy groups -OCH3 is 1. The number of nitrogens with one attached hydrogen (secondary N) is 2. The Morgan fingerprint density at radius 1 is 0.889 bits per heavy atom. The summed E-state index contributed by atoms with van der Waals surface area (Å²) in [6.45, 7) is 2.94. The molecule has 3 aromatic carbocycles. The summed E-state index contributed by atoms with van der Waals surface area (Å²) in [6, 6.07) is 17.8. The Bertz CT molecular complexity index is 1460. The van der Waals surface area contributed by atoms with Crippen LogP contribution in [0.5, 0.6) is 5.75 Å². The topological polar surface area (TPSA) is 122 Å². The molecule has 0 fully saturated rings. The minimum absolute atomic E-state index is 0.0200. The van der Waals surface area contributed by atoms with Crippen LogP contribution in [0.25, 0.3) is 0 Å². The number of rotatable bonds is 10. The van der Waals surface area contributed by atoms with E-state index in [1.54, 1.807) is 50.2 Å². The van der Waals surface area contributed by atoms with E-state index in [1.807, 2.05) is 6.07 Å². The maximum Gasteiger partial charge on any atom is 0.243 e. The smallest absolute Gasteiger partial charge is 0.243 e. The molecular weight excluding hydrogens is 502 g/mol. The molecule has 0 aromatic heterocycles. The van der Waals surface area contributed by atoms with E-state index < -0.39 is 32.5 Å². The summed E-state index contributed by atoms with van der Waals surface area (Å²) in [5.41, 5.74) is 2.24. The minimum atomic E-state index is -4.07. The van der Waals surface area contributed by atoms with Crippen molar-refractivity contribution in [3.05, 3.63) is 83.4 Å². The summed E-state index contributed by atoms with van der Waals surface area (Å²) < 4.78 is 60.1. The molecule has 0 bridgehead atoms. The van der Waals surface area contributed by atoms with Gasteiger partial charge in [0, 0.05) is 12.2 Å². The monoisotopic (exact) mass is 531 g/mol. The summed E-state index contributed by atoms with van der Waals surface area (Å²) >= 11 is 0. The predicted molar refractivity (Wildman–Crippen MR) is 138 cm³/mol. The van der Waals surface area contributed by atoms with Crippen molar-refractivity contribution in [2.24, 2.45) is 0 Å². The third-order valence-corrected chi connectivity index (χ3v) is 8.79. The van der Waals surface area contributed by atoms with E-state index in [0.717, 1.165) is 4.31 Å². The number of benzene rings is 3. The third kappa shape index (κ3) is 6.30. The number of ether oxygens (including phenoxy) is 1. The molecule has 192 valence electrons. The van der Waals surface area contributed by atoms with Crippen molar-refractivity contribution in [2.45, 2.75) is 30.2 Å². The third-order valence-electron chi connectivity index (χ3n) is 5.59. The summed E-state index contributed by atoms with van der Waals surface area (Å²) in [6.07, 6.45) is 0. The van der Waals surface area contributed by atoms with Crippen LogP contribution >= 0.6 is 0 Å². The Balaban J connectivity index is 1.93. The predicted octanol–water partition coefficient (Wildman–Crippen LogP) is 3.05. The Morgan fingerprint density at radius 2 is 1.56 bits per heavy atom. The van der Waals surface area contributed by atoms with Crippen LogP contribution in [0.15, 0.2) is 76.5 Å². The van der Waals surface area contributed by atoms with Gasteiger partial charge in [0.15, 0.2) is 0 Å². The first kappa shape index (κ1) is 27.3. The van der Waals surface area contributed by atoms with E-state index >= 15 is 0 Å². The van der Waals surface area contributed by atoms with Gasteiger partial charge in [-0.1, -0.05) is 36.4 Å². The van der Waals surface area contributed by atoms with E-state index in [4.69, 9.17) is 4.74 Å². The number of carbonyl (C=O) groups is 1. The summed E-state index contributed by atoms with van der Waals surface area (Å²) in [4.78, 5) is 13.0. The van der Waals surface area contributed by atoms with Crippen LogP contribution in [0.4, 0.5) is 5.69 Å². The van der Waals surface area contributed by atoms with E-state index in [2.05, 4.69) is 10.0 Å². The molecule has 0 heterocycles. The largest absolute Gasteiger partial charge is 0.496 e. The van der Waals surface area contributed by atoms with Crippen molar-refractivity contribution in [1.82, 2.24) is 9.03 Å². The normalized spacial score (nSPS) is 11.9. The molecule has 2 N–H and O–H groups in total. The van der Waals surface area contributed by atoms with Crippen molar-refractivity contribution in [1.29, 1.82) is 0 Å². The van der Waals surface area contributed by atoms with Crippen LogP contribution in [0.2, 0.25) is 0 Å². The fraction of sp³-hybridized carbons (Fsp3) is 0.240. The van der Waals surface area contributed by atoms with Crippen LogP contribution in [-0.4, -0.2) is 47.8 Å². The van der Waals surface area contributed by atoms with Crippen molar-refractivity contribution in [2.75, 3.05) is 26.0 Å². The molecule has 0 aliphatic heterocycles. The SMILES string of the molecule is CNS(=O)(=O)c1ccc(C)c(NC(=O)CN(Cc2ccccc2)S(=O)(=O)c2ccc(OC)c(C)c2)c1. The van der Waals surface area contributed by atoms with Gasteiger partial charge in [-0.05, 0) is 67.9 Å². The number of hydrogen-bond acceptors (Lipinski definition) is 6. The molecule has 0 saturated heterocycles. The van der Waals surface area contributed by atoms with E-state index in [0.29, 0.717) is 22.4 Å². The molecule has 3 aromatic rings. The zero-order valence-corrected chi connectivity index (χ0v) is 22.1. The lowest BCUT2D eigenvalue weighted by Crippen LogP contribution is -2.37. The van der Waals surface area contributed by atoms with Crippen molar-refractivity contribution in [3.63, 3.8) is 0 Å². The van der Waals surface area contributed by atoms with Crippen LogP contribution in [0, 0.1) is 13.8 Å². The van der Waals surface area contributed by atoms with E-state index in [9.17, 15) is 21.6 Å². The lowest BCUT2D eigenvalue weighted by Gasteiger charge is -2.23. The molecule has 0 radical (unpaired) electrons. The number of amides is 1. The van der Waals surface area contributed by atoms with Gasteiger partial charge in [-0.25, -0.2) is 21.6 Å². The Morgan fingerprint density at radius 3 is 2.17 bits per heavy atom. The fourth-order valence-corrected chi connectivity index (χ4v) is 5.77. The molecule has 0 spiro atoms. The van der Waals surface area contributed by atoms with Crippen LogP contribution < -0.4 is 14.8 Å². The van der Waals surface area contributed by atoms with Gasteiger partial charge in [0.05, 0.1) is 23.4 Å². The molecule has 0 atom stereocenters. The first-order valence-corrected chi connectivity index (χ1v) is 13.9. The number of nitrogens with zero attached hydrogens (tertiary/aromatic N) is 1. The Kier molecular flexibility index (Phi) is 8.51. The van der Waals surface area contributed by atoms with Gasteiger partial charge in [0.25, 0.3) is 0 Å². The van der Waals surface area contributed by atoms with Crippen molar-refractivity contribution in [3.8, 4) is 5.75 Å². The Hall–Kier alpha value is -3.25. The lowest BCUT2D eigenvalue weighted by atomic mass is 10.2. The molecule has 0 aliphatic carbocycles. The molecule has 3 rings (SSSR count). The maximum absolute atomic E-state index is 13.6. The number of aryl methyl sites for hydroxylation is 2. The summed E-state index contributed by atoms with van der Waals surface area (Å²) in [7, 11) is -5.00. The standard InChI is InChI=1S/C25H29N3O6S2/c1-18-10-11-21(35(30,31)26-3)15-23(18)27-25(29)17-28(16-20-8-6-5-7-9-20)36(32,33)22-12-13-24(34-4)19(2)14-22/h5-15,26H,16-17H2,1-4H3,(H,27,29). The zero-order valence-electron chi connectivity index (χ0n) is 20.5. The number of sulfonamides is 2. The average Bonchev–Trinajstić information content (AvgIpc) is 2.85. The second-order valence-electron chi connectivity index (χ2n) is 8.12. The molecule has 11 heteroatoms. The highest BCUT2D eigenvalue weighted by molar-refractivity contribution is 7.89. The zero-order chi connectivity index (χ0) is 26.5. The number of anilines is 1. The van der Waals surface area contributed by atoms with Gasteiger partial charge in [0.1, 0.15) is 5.75 Å². The van der Waals surface area contributed by atoms with Crippen LogP contribution in [0.1, 0.15) is 16.7 Å². The van der Waals surface area contributed by atoms with Gasteiger partial charge in [0.2, 0.25) is 26.0 Å². The maximum atomic E-state index is 13.6. The average molecular weight is 532 g/mol. The number of carbonyl (C=O) groups excluding carboxylic acids is 1. The second kappa shape index (κ2) is 11.2. The quantitative estimate of drug-likeness (QED) is 0.415. The van der Waals surface area contributed by atoms with Crippen molar-refractivity contribution >= 4 is 31.6 Å². The van der Waals surface area contributed by atoms with Gasteiger partial charge in [-0.3, -0.25) is 4.79 Å². The van der Waals surface area contributed by atoms with Crippen molar-refractivity contribution < 1.29 is 26.4 Å². The highest BCUT2D eigenvalue weighted by Crippen LogP contribution is 2.25. The number of hydrogen-bond donors (Lipinski definition) is 2. The molecule has 36 heavy (non-hydrogen) atoms. The minimum Gasteiger partial charge on any atom is -0.496 e. The van der Waals surface area contributed by atoms with Crippen LogP contribution in [-0.2, 0) is 31.4 Å². The van der Waals surface area contributed by atoms with Gasteiger partial charge in [-0.2, -0.15) is 4.31 Å². The van der Waals surface area contributed by atoms with Gasteiger partial charge < -0.3 is 10.1 Å². The highest BCUT2D eigenvalue weighted by Gasteiger charge is 2.28. The molecule has 0 unspecified atom stereocenters. The summed E-state index contributed by atoms with van der Waals surface area (Å²) in [5, 5.41) is 2.66. The Labute approximate surface area is 212 Å². The molecular formula is C25H29N3O6S2. The molecule has 0 aliphatic rings. The second-order valence-corrected chi connectivity index (χ2v) is 11.9. The van der Waals surface area contributed by atoms with E-state index in [-0.39, 0.29) is 22.0 Å².